The fraction of sp³-hybridized carbons (Fsp3) is 0.923. The second-order valence-corrected chi connectivity index (χ2v) is 6.36. The van der Waals surface area contributed by atoms with Crippen molar-refractivity contribution < 1.29 is 9.53 Å². The normalized spacial score (nSPS) is 36.4. The van der Waals surface area contributed by atoms with Gasteiger partial charge in [-0.05, 0) is 38.5 Å². The van der Waals surface area contributed by atoms with Crippen LogP contribution in [0.3, 0.4) is 0 Å². The number of hydrogen-bond acceptors (Lipinski definition) is 3. The van der Waals surface area contributed by atoms with Crippen LogP contribution in [0.2, 0.25) is 0 Å². The first-order valence-corrected chi connectivity index (χ1v) is 6.57. The highest BCUT2D eigenvalue weighted by molar-refractivity contribution is 5.68. The lowest BCUT2D eigenvalue weighted by Gasteiger charge is -2.45. The highest BCUT2D eigenvalue weighted by Gasteiger charge is 2.53. The largest absolute Gasteiger partial charge is 0.444 e. The van der Waals surface area contributed by atoms with Crippen molar-refractivity contribution in [1.29, 1.82) is 0 Å². The number of nitrogens with zero attached hydrogens (tertiary/aromatic N) is 1. The second kappa shape index (κ2) is 4.16. The maximum absolute atomic E-state index is 11.9. The van der Waals surface area contributed by atoms with E-state index in [1.54, 1.807) is 0 Å². The fourth-order valence-corrected chi connectivity index (χ4v) is 3.22. The molecule has 2 aliphatic rings. The van der Waals surface area contributed by atoms with Gasteiger partial charge in [0.2, 0.25) is 0 Å². The molecule has 4 atom stereocenters. The van der Waals surface area contributed by atoms with Crippen LogP contribution >= 0.6 is 0 Å². The molecule has 2 fully saturated rings. The van der Waals surface area contributed by atoms with Gasteiger partial charge in [-0.25, -0.2) is 4.79 Å². The van der Waals surface area contributed by atoms with Gasteiger partial charge >= 0.3 is 6.09 Å². The van der Waals surface area contributed by atoms with E-state index in [9.17, 15) is 4.79 Å². The molecule has 1 aliphatic carbocycles. The number of carbonyl (C=O) groups excluding carboxylic acids is 1. The lowest BCUT2D eigenvalue weighted by Crippen LogP contribution is -2.55. The van der Waals surface area contributed by atoms with Gasteiger partial charge in [0.1, 0.15) is 5.60 Å². The van der Waals surface area contributed by atoms with E-state index in [0.717, 1.165) is 19.5 Å². The highest BCUT2D eigenvalue weighted by Crippen LogP contribution is 2.46. The van der Waals surface area contributed by atoms with Gasteiger partial charge in [-0.2, -0.15) is 0 Å². The number of likely N-dealkylation sites (tertiary alicyclic amines) is 1. The van der Waals surface area contributed by atoms with Gasteiger partial charge in [-0.15, -0.1) is 0 Å². The van der Waals surface area contributed by atoms with Crippen molar-refractivity contribution in [3.63, 3.8) is 0 Å². The molecule has 0 radical (unpaired) electrons. The maximum Gasteiger partial charge on any atom is 0.410 e. The number of ether oxygens (including phenoxy) is 1. The van der Waals surface area contributed by atoms with Crippen LogP contribution in [0.4, 0.5) is 4.79 Å². The molecule has 1 saturated heterocycles. The number of amides is 1. The minimum Gasteiger partial charge on any atom is -0.444 e. The van der Waals surface area contributed by atoms with Crippen LogP contribution in [0.25, 0.3) is 0 Å². The Bertz CT molecular complexity index is 311. The Hall–Kier alpha value is -0.770. The Balaban J connectivity index is 1.92. The van der Waals surface area contributed by atoms with Crippen molar-refractivity contribution in [1.82, 2.24) is 4.90 Å². The van der Waals surface area contributed by atoms with Crippen LogP contribution in [0.1, 0.15) is 34.1 Å². The summed E-state index contributed by atoms with van der Waals surface area (Å²) in [5.74, 6) is 1.68. The van der Waals surface area contributed by atoms with Crippen molar-refractivity contribution in [3.8, 4) is 0 Å². The molecule has 1 aliphatic heterocycles. The van der Waals surface area contributed by atoms with Gasteiger partial charge in [0.15, 0.2) is 0 Å². The molecule has 0 aromatic carbocycles. The summed E-state index contributed by atoms with van der Waals surface area (Å²) < 4.78 is 5.40. The van der Waals surface area contributed by atoms with Crippen LogP contribution in [-0.4, -0.2) is 35.7 Å². The first-order valence-electron chi connectivity index (χ1n) is 6.57. The van der Waals surface area contributed by atoms with Crippen molar-refractivity contribution in [2.75, 3.05) is 13.1 Å². The topological polar surface area (TPSA) is 55.6 Å². The van der Waals surface area contributed by atoms with E-state index in [1.807, 2.05) is 25.7 Å². The number of fused-ring (bicyclic) bond motifs is 1. The van der Waals surface area contributed by atoms with Gasteiger partial charge in [-0.3, -0.25) is 0 Å². The SMILES string of the molecule is CCC1C2CN(C(=O)OC(C)(C)C)C[C@H]2[C@@H]1N. The van der Waals surface area contributed by atoms with Crippen LogP contribution in [0.5, 0.6) is 0 Å². The molecule has 1 heterocycles. The van der Waals surface area contributed by atoms with Crippen molar-refractivity contribution in [3.05, 3.63) is 0 Å². The molecule has 4 heteroatoms. The summed E-state index contributed by atoms with van der Waals surface area (Å²) in [6.45, 7) is 9.47. The van der Waals surface area contributed by atoms with Gasteiger partial charge in [0, 0.05) is 19.1 Å². The molecular weight excluding hydrogens is 216 g/mol. The van der Waals surface area contributed by atoms with Gasteiger partial charge < -0.3 is 15.4 Å². The average molecular weight is 240 g/mol. The second-order valence-electron chi connectivity index (χ2n) is 6.36. The van der Waals surface area contributed by atoms with E-state index in [-0.39, 0.29) is 12.1 Å². The molecule has 98 valence electrons. The van der Waals surface area contributed by atoms with E-state index in [2.05, 4.69) is 6.92 Å². The highest BCUT2D eigenvalue weighted by atomic mass is 16.6. The van der Waals surface area contributed by atoms with Gasteiger partial charge in [-0.1, -0.05) is 13.3 Å². The van der Waals surface area contributed by atoms with Crippen LogP contribution in [0, 0.1) is 17.8 Å². The third-order valence-corrected chi connectivity index (χ3v) is 4.07. The van der Waals surface area contributed by atoms with Crippen LogP contribution < -0.4 is 5.73 Å². The van der Waals surface area contributed by atoms with E-state index >= 15 is 0 Å². The van der Waals surface area contributed by atoms with E-state index in [0.29, 0.717) is 17.8 Å². The summed E-state index contributed by atoms with van der Waals surface area (Å²) in [4.78, 5) is 13.8. The Morgan fingerprint density at radius 3 is 2.47 bits per heavy atom. The van der Waals surface area contributed by atoms with E-state index in [1.165, 1.54) is 0 Å². The van der Waals surface area contributed by atoms with Crippen LogP contribution in [-0.2, 0) is 4.74 Å². The summed E-state index contributed by atoms with van der Waals surface area (Å²) in [6.07, 6.45) is 0.929. The standard InChI is InChI=1S/C13H24N2O2/c1-5-8-9-6-15(7-10(9)11(8)14)12(16)17-13(2,3)4/h8-11H,5-7,14H2,1-4H3/t8?,9?,10-,11-/m1/s1. The van der Waals surface area contributed by atoms with Gasteiger partial charge in [0.05, 0.1) is 0 Å². The minimum absolute atomic E-state index is 0.186. The van der Waals surface area contributed by atoms with Crippen molar-refractivity contribution >= 4 is 6.09 Å². The van der Waals surface area contributed by atoms with Crippen molar-refractivity contribution in [2.24, 2.45) is 23.5 Å². The predicted octanol–water partition coefficient (Wildman–Crippen LogP) is 1.84. The van der Waals surface area contributed by atoms with E-state index < -0.39 is 5.60 Å². The Kier molecular flexibility index (Phi) is 3.10. The molecule has 0 spiro atoms. The maximum atomic E-state index is 11.9. The average Bonchev–Trinajstić information content (AvgIpc) is 2.56. The van der Waals surface area contributed by atoms with E-state index in [4.69, 9.17) is 10.5 Å². The zero-order valence-electron chi connectivity index (χ0n) is 11.3. The summed E-state index contributed by atoms with van der Waals surface area (Å²) in [7, 11) is 0. The fourth-order valence-electron chi connectivity index (χ4n) is 3.22. The molecule has 2 N–H and O–H groups in total. The number of hydrogen-bond donors (Lipinski definition) is 1. The molecule has 2 rings (SSSR count). The summed E-state index contributed by atoms with van der Waals surface area (Å²) in [6, 6.07) is 0.275. The number of carbonyl (C=O) groups is 1. The summed E-state index contributed by atoms with van der Waals surface area (Å²) in [5.41, 5.74) is 5.72. The Morgan fingerprint density at radius 2 is 1.94 bits per heavy atom. The molecular formula is C13H24N2O2. The lowest BCUT2D eigenvalue weighted by atomic mass is 9.62. The van der Waals surface area contributed by atoms with Gasteiger partial charge in [0.25, 0.3) is 0 Å². The summed E-state index contributed by atoms with van der Waals surface area (Å²) >= 11 is 0. The van der Waals surface area contributed by atoms with Crippen LogP contribution in [0.15, 0.2) is 0 Å². The first-order chi connectivity index (χ1) is 7.83. The third kappa shape index (κ3) is 2.28. The molecule has 2 unspecified atom stereocenters. The third-order valence-electron chi connectivity index (χ3n) is 4.07. The smallest absolute Gasteiger partial charge is 0.410 e. The number of nitrogens with two attached hydrogens (primary N) is 1. The Morgan fingerprint density at radius 1 is 1.35 bits per heavy atom. The zero-order valence-corrected chi connectivity index (χ0v) is 11.3. The summed E-state index contributed by atoms with van der Waals surface area (Å²) in [5, 5.41) is 0. The molecule has 0 aromatic heterocycles. The zero-order chi connectivity index (χ0) is 12.8. The monoisotopic (exact) mass is 240 g/mol. The molecule has 17 heavy (non-hydrogen) atoms. The predicted molar refractivity (Wildman–Crippen MR) is 66.5 cm³/mol. The minimum atomic E-state index is -0.412. The quantitative estimate of drug-likeness (QED) is 0.761. The molecule has 4 nitrogen and oxygen atoms in total. The Labute approximate surface area is 103 Å². The number of rotatable bonds is 1. The lowest BCUT2D eigenvalue weighted by molar-refractivity contribution is 0.0287. The first kappa shape index (κ1) is 12.7. The molecule has 1 amide bonds. The molecule has 0 bridgehead atoms. The molecule has 1 saturated carbocycles. The van der Waals surface area contributed by atoms with Crippen molar-refractivity contribution in [2.45, 2.75) is 45.8 Å². The molecule has 0 aromatic rings.